The molecule has 2 bridgehead atoms. The van der Waals surface area contributed by atoms with E-state index < -0.39 is 0 Å². The van der Waals surface area contributed by atoms with Crippen LogP contribution in [0.4, 0.5) is 0 Å². The first-order valence-corrected chi connectivity index (χ1v) is 4.70. The first kappa shape index (κ1) is 8.07. The second-order valence-corrected chi connectivity index (χ2v) is 4.50. The summed E-state index contributed by atoms with van der Waals surface area (Å²) in [6, 6.07) is 2.37. The molecule has 2 rings (SSSR count). The molecule has 1 aliphatic heterocycles. The molecular formula is C10H15NO. The normalized spacial score (nSPS) is 51.9. The summed E-state index contributed by atoms with van der Waals surface area (Å²) in [6.07, 6.45) is 3.51. The van der Waals surface area contributed by atoms with Crippen LogP contribution >= 0.6 is 0 Å². The third-order valence-electron chi connectivity index (χ3n) is 3.28. The van der Waals surface area contributed by atoms with Crippen LogP contribution in [-0.2, 0) is 4.74 Å². The molecule has 66 valence electrons. The number of nitriles is 1. The quantitative estimate of drug-likeness (QED) is 0.550. The molecule has 12 heavy (non-hydrogen) atoms. The minimum Gasteiger partial charge on any atom is -0.372 e. The van der Waals surface area contributed by atoms with E-state index in [1.807, 2.05) is 0 Å². The molecular weight excluding hydrogens is 150 g/mol. The summed E-state index contributed by atoms with van der Waals surface area (Å²) < 4.78 is 5.85. The Bertz CT molecular complexity index is 228. The fourth-order valence-electron chi connectivity index (χ4n) is 2.79. The fraction of sp³-hybridized carbons (Fsp3) is 0.900. The van der Waals surface area contributed by atoms with Crippen molar-refractivity contribution in [2.45, 2.75) is 44.8 Å². The van der Waals surface area contributed by atoms with Crippen molar-refractivity contribution < 1.29 is 4.74 Å². The Labute approximate surface area is 73.5 Å². The summed E-state index contributed by atoms with van der Waals surface area (Å²) in [7, 11) is 0. The molecule has 0 aromatic rings. The van der Waals surface area contributed by atoms with Gasteiger partial charge in [-0.25, -0.2) is 0 Å². The lowest BCUT2D eigenvalue weighted by Gasteiger charge is -2.29. The predicted molar refractivity (Wildman–Crippen MR) is 45.4 cm³/mol. The topological polar surface area (TPSA) is 33.0 Å². The number of ether oxygens (including phenoxy) is 1. The minimum absolute atomic E-state index is 0.0166. The molecule has 0 aromatic heterocycles. The van der Waals surface area contributed by atoms with Crippen molar-refractivity contribution in [1.29, 1.82) is 5.26 Å². The summed E-state index contributed by atoms with van der Waals surface area (Å²) in [5.74, 6) is 0.868. The molecule has 0 spiro atoms. The third kappa shape index (κ3) is 1.13. The number of hydrogen-bond donors (Lipinski definition) is 0. The van der Waals surface area contributed by atoms with Gasteiger partial charge in [0.15, 0.2) is 0 Å². The lowest BCUT2D eigenvalue weighted by Crippen LogP contribution is -2.30. The maximum atomic E-state index is 8.85. The van der Waals surface area contributed by atoms with Crippen LogP contribution < -0.4 is 0 Å². The van der Waals surface area contributed by atoms with E-state index >= 15 is 0 Å². The summed E-state index contributed by atoms with van der Waals surface area (Å²) in [6.45, 7) is 4.28. The van der Waals surface area contributed by atoms with Crippen molar-refractivity contribution in [2.75, 3.05) is 0 Å². The Balaban J connectivity index is 2.17. The predicted octanol–water partition coefficient (Wildman–Crippen LogP) is 2.10. The van der Waals surface area contributed by atoms with Gasteiger partial charge < -0.3 is 4.74 Å². The first-order chi connectivity index (χ1) is 5.63. The Kier molecular flexibility index (Phi) is 1.66. The second kappa shape index (κ2) is 2.47. The number of rotatable bonds is 0. The van der Waals surface area contributed by atoms with Crippen LogP contribution in [0.2, 0.25) is 0 Å². The maximum Gasteiger partial charge on any atom is 0.0674 e. The van der Waals surface area contributed by atoms with E-state index in [1.54, 1.807) is 0 Å². The third-order valence-corrected chi connectivity index (χ3v) is 3.28. The molecule has 0 amide bonds. The van der Waals surface area contributed by atoms with E-state index in [4.69, 9.17) is 10.00 Å². The zero-order valence-corrected chi connectivity index (χ0v) is 7.71. The number of hydrogen-bond acceptors (Lipinski definition) is 2. The molecule has 4 atom stereocenters. The van der Waals surface area contributed by atoms with Crippen molar-refractivity contribution in [3.8, 4) is 6.07 Å². The molecule has 2 nitrogen and oxygen atoms in total. The lowest BCUT2D eigenvalue weighted by atomic mass is 9.75. The zero-order chi connectivity index (χ0) is 8.77. The van der Waals surface area contributed by atoms with Gasteiger partial charge in [-0.1, -0.05) is 0 Å². The summed E-state index contributed by atoms with van der Waals surface area (Å²) in [5, 5.41) is 8.85. The van der Waals surface area contributed by atoms with Crippen LogP contribution in [0.15, 0.2) is 0 Å². The Hall–Kier alpha value is -0.550. The van der Waals surface area contributed by atoms with E-state index in [0.717, 1.165) is 19.3 Å². The van der Waals surface area contributed by atoms with Crippen molar-refractivity contribution in [2.24, 2.45) is 11.8 Å². The van der Waals surface area contributed by atoms with Crippen LogP contribution in [0.1, 0.15) is 33.1 Å². The minimum atomic E-state index is 0.0166. The monoisotopic (exact) mass is 165 g/mol. The highest BCUT2D eigenvalue weighted by molar-refractivity contribution is 5.02. The van der Waals surface area contributed by atoms with Gasteiger partial charge in [0.1, 0.15) is 0 Å². The highest BCUT2D eigenvalue weighted by atomic mass is 16.5. The molecule has 1 saturated heterocycles. The van der Waals surface area contributed by atoms with Gasteiger partial charge in [-0.05, 0) is 39.0 Å². The molecule has 0 aromatic carbocycles. The van der Waals surface area contributed by atoms with Crippen LogP contribution in [0.25, 0.3) is 0 Å². The molecule has 1 aliphatic carbocycles. The average molecular weight is 165 g/mol. The highest BCUT2D eigenvalue weighted by Gasteiger charge is 2.47. The molecule has 0 N–H and O–H groups in total. The van der Waals surface area contributed by atoms with E-state index in [0.29, 0.717) is 12.0 Å². The van der Waals surface area contributed by atoms with Crippen LogP contribution in [0.3, 0.4) is 0 Å². The largest absolute Gasteiger partial charge is 0.372 e. The van der Waals surface area contributed by atoms with Crippen molar-refractivity contribution in [3.05, 3.63) is 0 Å². The Morgan fingerprint density at radius 3 is 2.83 bits per heavy atom. The highest BCUT2D eigenvalue weighted by Crippen LogP contribution is 2.47. The molecule has 2 fully saturated rings. The summed E-state index contributed by atoms with van der Waals surface area (Å²) in [4.78, 5) is 0. The van der Waals surface area contributed by atoms with Gasteiger partial charge in [0.05, 0.1) is 17.8 Å². The molecule has 2 heteroatoms. The van der Waals surface area contributed by atoms with E-state index in [2.05, 4.69) is 19.9 Å². The smallest absolute Gasteiger partial charge is 0.0674 e. The second-order valence-electron chi connectivity index (χ2n) is 4.50. The van der Waals surface area contributed by atoms with Crippen molar-refractivity contribution >= 4 is 0 Å². The number of nitrogens with zero attached hydrogens (tertiary/aromatic N) is 1. The average Bonchev–Trinajstić information content (AvgIpc) is 2.21. The summed E-state index contributed by atoms with van der Waals surface area (Å²) >= 11 is 0. The number of fused-ring (bicyclic) bond motifs is 2. The van der Waals surface area contributed by atoms with Gasteiger partial charge in [-0.2, -0.15) is 5.26 Å². The van der Waals surface area contributed by atoms with Gasteiger partial charge in [0, 0.05) is 5.92 Å². The van der Waals surface area contributed by atoms with Crippen LogP contribution in [-0.4, -0.2) is 11.7 Å². The SMILES string of the molecule is CC1OC2(C)CC(C#N)CC1C2. The molecule has 1 saturated carbocycles. The molecule has 1 heterocycles. The van der Waals surface area contributed by atoms with E-state index in [-0.39, 0.29) is 11.5 Å². The van der Waals surface area contributed by atoms with Gasteiger partial charge >= 0.3 is 0 Å². The standard InChI is InChI=1S/C10H15NO/c1-7-9-3-8(6-11)4-10(2,5-9)12-7/h7-9H,3-5H2,1-2H3. The fourth-order valence-corrected chi connectivity index (χ4v) is 2.79. The first-order valence-electron chi connectivity index (χ1n) is 4.70. The Morgan fingerprint density at radius 2 is 2.25 bits per heavy atom. The lowest BCUT2D eigenvalue weighted by molar-refractivity contribution is -0.0267. The molecule has 0 radical (unpaired) electrons. The van der Waals surface area contributed by atoms with Gasteiger partial charge in [0.2, 0.25) is 0 Å². The maximum absolute atomic E-state index is 8.85. The zero-order valence-electron chi connectivity index (χ0n) is 7.71. The van der Waals surface area contributed by atoms with Gasteiger partial charge in [0.25, 0.3) is 0 Å². The van der Waals surface area contributed by atoms with Crippen LogP contribution in [0, 0.1) is 23.2 Å². The van der Waals surface area contributed by atoms with Gasteiger partial charge in [-0.3, -0.25) is 0 Å². The van der Waals surface area contributed by atoms with Crippen LogP contribution in [0.5, 0.6) is 0 Å². The van der Waals surface area contributed by atoms with Gasteiger partial charge in [-0.15, -0.1) is 0 Å². The van der Waals surface area contributed by atoms with Crippen molar-refractivity contribution in [3.63, 3.8) is 0 Å². The molecule has 2 aliphatic rings. The van der Waals surface area contributed by atoms with E-state index in [1.165, 1.54) is 0 Å². The summed E-state index contributed by atoms with van der Waals surface area (Å²) in [5.41, 5.74) is 0.0166. The van der Waals surface area contributed by atoms with E-state index in [9.17, 15) is 0 Å². The Morgan fingerprint density at radius 1 is 1.50 bits per heavy atom. The van der Waals surface area contributed by atoms with Crippen molar-refractivity contribution in [1.82, 2.24) is 0 Å². The molecule has 4 unspecified atom stereocenters.